The fourth-order valence-corrected chi connectivity index (χ4v) is 5.57. The third kappa shape index (κ3) is 54.8. The molecule has 9 heteroatoms. The fraction of sp³-hybridized carbons (Fsp3) is 1.00. The molecule has 6 nitrogen and oxygen atoms in total. The summed E-state index contributed by atoms with van der Waals surface area (Å²) in [6, 6.07) is 0. The van der Waals surface area contributed by atoms with Crippen LogP contribution in [0.3, 0.4) is 0 Å². The Morgan fingerprint density at radius 1 is 0.311 bits per heavy atom. The molecule has 2 radical (unpaired) electrons. The number of unbranched alkanes of at least 4 members (excludes halogenated alkanes) is 30. The van der Waals surface area contributed by atoms with Crippen molar-refractivity contribution in [2.45, 2.75) is 219 Å². The van der Waals surface area contributed by atoms with Gasteiger partial charge >= 0.3 is 37.7 Å². The van der Waals surface area contributed by atoms with Crippen LogP contribution in [0.5, 0.6) is 0 Å². The first-order valence-corrected chi connectivity index (χ1v) is 19.3. The molecule has 0 bridgehead atoms. The molecule has 0 aliphatic rings. The predicted octanol–water partition coefficient (Wildman–Crippen LogP) is 9.80. The van der Waals surface area contributed by atoms with Gasteiger partial charge in [-0.1, -0.05) is 206 Å². The van der Waals surface area contributed by atoms with Crippen LogP contribution in [-0.4, -0.2) is 66.3 Å². The SMILES string of the molecule is CCCCCCCCCCCCCCCCCCOO[B][O-].CCCCCCCCCCCCCCCCCCOO[B][O-].[Ca+2]. The molecule has 262 valence electrons. The molecule has 0 spiro atoms. The standard InChI is InChI=1S/2C18H37BO3.Ca/c2*1-2-3-4-5-6-7-8-9-10-11-12-13-14-15-16-17-18-21-22-19-20;/h2*2-18H2,1H3;/q2*-1;+2. The summed E-state index contributed by atoms with van der Waals surface area (Å²) in [4.78, 5) is 17.6. The molecule has 0 saturated heterocycles. The molecule has 0 atom stereocenters. The van der Waals surface area contributed by atoms with Crippen LogP contribution in [0.25, 0.3) is 0 Å². The van der Waals surface area contributed by atoms with Gasteiger partial charge in [0.25, 0.3) is 0 Å². The molecule has 0 N–H and O–H groups in total. The summed E-state index contributed by atoms with van der Waals surface area (Å²) in [5, 5.41) is 19.7. The topological polar surface area (TPSA) is 83.0 Å². The Bertz CT molecular complexity index is 389. The Morgan fingerprint density at radius 3 is 0.667 bits per heavy atom. The minimum absolute atomic E-state index is 0. The van der Waals surface area contributed by atoms with E-state index in [-0.39, 0.29) is 37.7 Å². The van der Waals surface area contributed by atoms with E-state index < -0.39 is 0 Å². The maximum atomic E-state index is 9.83. The zero-order valence-corrected chi connectivity index (χ0v) is 32.6. The van der Waals surface area contributed by atoms with Crippen LogP contribution in [0.1, 0.15) is 219 Å². The first kappa shape index (κ1) is 50.5. The second-order valence-electron chi connectivity index (χ2n) is 12.6. The molecule has 0 unspecified atom stereocenters. The third-order valence-corrected chi connectivity index (χ3v) is 8.38. The van der Waals surface area contributed by atoms with E-state index in [1.807, 2.05) is 0 Å². The molecule has 0 heterocycles. The first-order chi connectivity index (χ1) is 21.8. The van der Waals surface area contributed by atoms with E-state index in [1.54, 1.807) is 0 Å². The predicted molar refractivity (Wildman–Crippen MR) is 190 cm³/mol. The molecule has 0 saturated carbocycles. The van der Waals surface area contributed by atoms with Gasteiger partial charge in [-0.3, -0.25) is 9.78 Å². The zero-order chi connectivity index (χ0) is 32.3. The minimum Gasteiger partial charge on any atom is -0.859 e. The molecular formula is C36H74B2CaO6. The number of rotatable bonds is 38. The van der Waals surface area contributed by atoms with Gasteiger partial charge in [0.05, 0.1) is 13.2 Å². The second kappa shape index (κ2) is 52.0. The average molecular weight is 665 g/mol. The average Bonchev–Trinajstić information content (AvgIpc) is 3.04. The maximum absolute atomic E-state index is 9.83. The van der Waals surface area contributed by atoms with Crippen LogP contribution in [0, 0.1) is 0 Å². The van der Waals surface area contributed by atoms with E-state index in [0.717, 1.165) is 12.8 Å². The zero-order valence-electron chi connectivity index (χ0n) is 30.4. The van der Waals surface area contributed by atoms with Crippen molar-refractivity contribution in [2.75, 3.05) is 13.2 Å². The van der Waals surface area contributed by atoms with Gasteiger partial charge in [0.1, 0.15) is 0 Å². The molecule has 0 amide bonds. The molecule has 0 aliphatic carbocycles. The molecule has 0 aromatic carbocycles. The summed E-state index contributed by atoms with van der Waals surface area (Å²) in [6.07, 6.45) is 43.5. The van der Waals surface area contributed by atoms with Crippen molar-refractivity contribution in [2.24, 2.45) is 0 Å². The van der Waals surface area contributed by atoms with Crippen molar-refractivity contribution in [3.8, 4) is 0 Å². The minimum atomic E-state index is 0. The Kier molecular flexibility index (Phi) is 58.4. The van der Waals surface area contributed by atoms with Crippen molar-refractivity contribution in [3.05, 3.63) is 0 Å². The molecule has 0 rings (SSSR count). The molecular weight excluding hydrogens is 590 g/mol. The van der Waals surface area contributed by atoms with Crippen LogP contribution in [0.15, 0.2) is 0 Å². The Labute approximate surface area is 313 Å². The van der Waals surface area contributed by atoms with Gasteiger partial charge in [-0.25, -0.2) is 0 Å². The van der Waals surface area contributed by atoms with Crippen molar-refractivity contribution < 1.29 is 29.4 Å². The number of hydrogen-bond donors (Lipinski definition) is 0. The summed E-state index contributed by atoms with van der Waals surface area (Å²) < 4.78 is 0. The Morgan fingerprint density at radius 2 is 0.489 bits per heavy atom. The summed E-state index contributed by atoms with van der Waals surface area (Å²) in [5.41, 5.74) is 0. The van der Waals surface area contributed by atoms with Crippen LogP contribution < -0.4 is 10.0 Å². The van der Waals surface area contributed by atoms with Gasteiger partial charge in [0.15, 0.2) is 0 Å². The van der Waals surface area contributed by atoms with Crippen LogP contribution in [0.2, 0.25) is 0 Å². The summed E-state index contributed by atoms with van der Waals surface area (Å²) >= 11 is 0. The molecule has 45 heavy (non-hydrogen) atoms. The maximum Gasteiger partial charge on any atom is 2.00 e. The largest absolute Gasteiger partial charge is 2.00 e. The second-order valence-corrected chi connectivity index (χ2v) is 12.6. The van der Waals surface area contributed by atoms with E-state index in [0.29, 0.717) is 28.6 Å². The van der Waals surface area contributed by atoms with Crippen LogP contribution in [-0.2, 0) is 19.4 Å². The summed E-state index contributed by atoms with van der Waals surface area (Å²) in [6.45, 7) is 5.60. The van der Waals surface area contributed by atoms with Crippen molar-refractivity contribution in [1.29, 1.82) is 0 Å². The van der Waals surface area contributed by atoms with Gasteiger partial charge in [-0.2, -0.15) is 0 Å². The van der Waals surface area contributed by atoms with Crippen LogP contribution in [0.4, 0.5) is 0 Å². The molecule has 0 aliphatic heterocycles. The summed E-state index contributed by atoms with van der Waals surface area (Å²) in [7, 11) is 0.652. The summed E-state index contributed by atoms with van der Waals surface area (Å²) in [5.74, 6) is 0. The fourth-order valence-electron chi connectivity index (χ4n) is 5.57. The van der Waals surface area contributed by atoms with Gasteiger partial charge in [0.2, 0.25) is 15.4 Å². The molecule has 0 fully saturated rings. The van der Waals surface area contributed by atoms with E-state index in [2.05, 4.69) is 33.2 Å². The number of hydrogen-bond acceptors (Lipinski definition) is 6. The van der Waals surface area contributed by atoms with Crippen LogP contribution >= 0.6 is 0 Å². The van der Waals surface area contributed by atoms with E-state index in [1.165, 1.54) is 193 Å². The van der Waals surface area contributed by atoms with Gasteiger partial charge < -0.3 is 19.7 Å². The first-order valence-electron chi connectivity index (χ1n) is 19.3. The quantitative estimate of drug-likeness (QED) is 0.0283. The monoisotopic (exact) mass is 665 g/mol. The van der Waals surface area contributed by atoms with Gasteiger partial charge in [0, 0.05) is 0 Å². The van der Waals surface area contributed by atoms with Crippen molar-refractivity contribution in [1.82, 2.24) is 0 Å². The van der Waals surface area contributed by atoms with E-state index >= 15 is 0 Å². The Balaban J connectivity index is -0.000000767. The van der Waals surface area contributed by atoms with Gasteiger partial charge in [-0.15, -0.1) is 0 Å². The van der Waals surface area contributed by atoms with E-state index in [4.69, 9.17) is 0 Å². The van der Waals surface area contributed by atoms with E-state index in [9.17, 15) is 10.0 Å². The Hall–Kier alpha value is 1.15. The molecule has 0 aromatic heterocycles. The van der Waals surface area contributed by atoms with Crippen molar-refractivity contribution >= 4 is 53.1 Å². The smallest absolute Gasteiger partial charge is 0.859 e. The van der Waals surface area contributed by atoms with Gasteiger partial charge in [-0.05, 0) is 12.8 Å². The normalized spacial score (nSPS) is 10.8. The molecule has 0 aromatic rings. The van der Waals surface area contributed by atoms with Crippen molar-refractivity contribution in [3.63, 3.8) is 0 Å². The third-order valence-electron chi connectivity index (χ3n) is 8.38.